The molecule has 2 aromatic carbocycles. The van der Waals surface area contributed by atoms with Gasteiger partial charge in [-0.2, -0.15) is 0 Å². The van der Waals surface area contributed by atoms with Crippen LogP contribution in [0.1, 0.15) is 13.8 Å². The van der Waals surface area contributed by atoms with E-state index >= 15 is 0 Å². The van der Waals surface area contributed by atoms with E-state index in [1.165, 1.54) is 3.57 Å². The van der Waals surface area contributed by atoms with Gasteiger partial charge in [0.15, 0.2) is 0 Å². The van der Waals surface area contributed by atoms with E-state index < -0.39 is 0 Å². The summed E-state index contributed by atoms with van der Waals surface area (Å²) in [6, 6.07) is 13.9. The minimum Gasteiger partial charge on any atom is -0.489 e. The molecule has 0 fully saturated rings. The van der Waals surface area contributed by atoms with Crippen LogP contribution in [0, 0.1) is 3.57 Å². The third-order valence-corrected chi connectivity index (χ3v) is 3.27. The number of ether oxygens (including phenoxy) is 1. The highest BCUT2D eigenvalue weighted by Crippen LogP contribution is 2.32. The summed E-state index contributed by atoms with van der Waals surface area (Å²) in [6.45, 7) is 3.97. The molecule has 0 aliphatic carbocycles. The maximum atomic E-state index is 6.12. The minimum atomic E-state index is 0.107. The quantitative estimate of drug-likeness (QED) is 0.621. The van der Waals surface area contributed by atoms with Crippen LogP contribution in [0.3, 0.4) is 0 Å². The first-order valence-electron chi connectivity index (χ1n) is 6.14. The van der Waals surface area contributed by atoms with Crippen LogP contribution in [-0.4, -0.2) is 6.10 Å². The van der Waals surface area contributed by atoms with Crippen molar-refractivity contribution in [2.24, 2.45) is 0 Å². The Kier molecular flexibility index (Phi) is 4.52. The Morgan fingerprint density at radius 1 is 1.11 bits per heavy atom. The lowest BCUT2D eigenvalue weighted by atomic mass is 10.2. The summed E-state index contributed by atoms with van der Waals surface area (Å²) in [7, 11) is 0. The van der Waals surface area contributed by atoms with Gasteiger partial charge in [0, 0.05) is 9.26 Å². The van der Waals surface area contributed by atoms with Crippen LogP contribution in [-0.2, 0) is 0 Å². The smallest absolute Gasteiger partial charge is 0.144 e. The Labute approximate surface area is 127 Å². The lowest BCUT2D eigenvalue weighted by Gasteiger charge is -2.15. The molecule has 0 amide bonds. The first-order chi connectivity index (χ1) is 9.06. The zero-order chi connectivity index (χ0) is 13.8. The van der Waals surface area contributed by atoms with Crippen LogP contribution in [0.4, 0.5) is 17.1 Å². The number of hydrogen-bond donors (Lipinski definition) is 2. The standard InChI is InChI=1S/C15H17IN2O/c1-10(2)19-14-5-3-4-13(15(14)17)18-12-8-6-11(16)7-9-12/h3-10,18H,17H2,1-2H3. The van der Waals surface area contributed by atoms with Crippen molar-refractivity contribution in [1.82, 2.24) is 0 Å². The highest BCUT2D eigenvalue weighted by molar-refractivity contribution is 14.1. The first-order valence-corrected chi connectivity index (χ1v) is 7.22. The van der Waals surface area contributed by atoms with Crippen LogP contribution in [0.25, 0.3) is 0 Å². The molecule has 0 atom stereocenters. The van der Waals surface area contributed by atoms with Gasteiger partial charge >= 0.3 is 0 Å². The molecule has 0 saturated carbocycles. The van der Waals surface area contributed by atoms with Gasteiger partial charge < -0.3 is 15.8 Å². The first kappa shape index (κ1) is 14.0. The summed E-state index contributed by atoms with van der Waals surface area (Å²) in [5.74, 6) is 0.713. The molecular weight excluding hydrogens is 351 g/mol. The van der Waals surface area contributed by atoms with Crippen molar-refractivity contribution in [3.05, 3.63) is 46.0 Å². The predicted octanol–water partition coefficient (Wildman–Crippen LogP) is 4.40. The topological polar surface area (TPSA) is 47.3 Å². The van der Waals surface area contributed by atoms with E-state index in [-0.39, 0.29) is 6.10 Å². The molecule has 0 unspecified atom stereocenters. The number of nitrogen functional groups attached to an aromatic ring is 1. The molecule has 0 radical (unpaired) electrons. The van der Waals surface area contributed by atoms with Crippen molar-refractivity contribution < 1.29 is 4.74 Å². The number of benzene rings is 2. The van der Waals surface area contributed by atoms with E-state index in [0.29, 0.717) is 11.4 Å². The maximum absolute atomic E-state index is 6.12. The number of rotatable bonds is 4. The molecule has 2 rings (SSSR count). The predicted molar refractivity (Wildman–Crippen MR) is 89.1 cm³/mol. The molecule has 2 aromatic rings. The van der Waals surface area contributed by atoms with Crippen molar-refractivity contribution in [2.75, 3.05) is 11.1 Å². The van der Waals surface area contributed by atoms with Gasteiger partial charge in [0.25, 0.3) is 0 Å². The van der Waals surface area contributed by atoms with E-state index in [4.69, 9.17) is 10.5 Å². The molecule has 0 aromatic heterocycles. The van der Waals surface area contributed by atoms with Crippen molar-refractivity contribution in [3.8, 4) is 5.75 Å². The second-order valence-electron chi connectivity index (χ2n) is 4.52. The second-order valence-corrected chi connectivity index (χ2v) is 5.76. The number of nitrogens with two attached hydrogens (primary N) is 1. The second kappa shape index (κ2) is 6.14. The fourth-order valence-corrected chi connectivity index (χ4v) is 2.06. The van der Waals surface area contributed by atoms with Crippen LogP contribution in [0.5, 0.6) is 5.75 Å². The van der Waals surface area contributed by atoms with Gasteiger partial charge in [-0.05, 0) is 72.8 Å². The Hall–Kier alpha value is -1.43. The zero-order valence-corrected chi connectivity index (χ0v) is 13.1. The maximum Gasteiger partial charge on any atom is 0.144 e. The number of anilines is 3. The van der Waals surface area contributed by atoms with Gasteiger partial charge in [-0.3, -0.25) is 0 Å². The highest BCUT2D eigenvalue weighted by Gasteiger charge is 2.07. The van der Waals surface area contributed by atoms with Crippen molar-refractivity contribution in [1.29, 1.82) is 0 Å². The molecule has 0 aliphatic rings. The van der Waals surface area contributed by atoms with Crippen LogP contribution in [0.15, 0.2) is 42.5 Å². The Bertz CT molecular complexity index is 553. The third kappa shape index (κ3) is 3.76. The average Bonchev–Trinajstić information content (AvgIpc) is 2.36. The molecule has 0 spiro atoms. The van der Waals surface area contributed by atoms with Crippen molar-refractivity contribution in [2.45, 2.75) is 20.0 Å². The van der Waals surface area contributed by atoms with Crippen molar-refractivity contribution in [3.63, 3.8) is 0 Å². The Morgan fingerprint density at radius 2 is 1.79 bits per heavy atom. The van der Waals surface area contributed by atoms with Gasteiger partial charge in [-0.25, -0.2) is 0 Å². The van der Waals surface area contributed by atoms with Gasteiger partial charge in [-0.15, -0.1) is 0 Å². The summed E-state index contributed by atoms with van der Waals surface area (Å²) in [4.78, 5) is 0. The molecule has 0 aliphatic heterocycles. The number of halogens is 1. The number of nitrogens with one attached hydrogen (secondary N) is 1. The van der Waals surface area contributed by atoms with E-state index in [1.807, 2.05) is 56.3 Å². The van der Waals surface area contributed by atoms with Gasteiger partial charge in [0.1, 0.15) is 5.75 Å². The summed E-state index contributed by atoms with van der Waals surface area (Å²) in [6.07, 6.45) is 0.107. The van der Waals surface area contributed by atoms with Crippen LogP contribution < -0.4 is 15.8 Å². The largest absolute Gasteiger partial charge is 0.489 e. The Morgan fingerprint density at radius 3 is 2.42 bits per heavy atom. The fraction of sp³-hybridized carbons (Fsp3) is 0.200. The van der Waals surface area contributed by atoms with E-state index in [9.17, 15) is 0 Å². The summed E-state index contributed by atoms with van der Waals surface area (Å²) in [5.41, 5.74) is 8.62. The van der Waals surface area contributed by atoms with Gasteiger partial charge in [-0.1, -0.05) is 6.07 Å². The summed E-state index contributed by atoms with van der Waals surface area (Å²) in [5, 5.41) is 3.30. The summed E-state index contributed by atoms with van der Waals surface area (Å²) >= 11 is 2.28. The monoisotopic (exact) mass is 368 g/mol. The molecule has 3 N–H and O–H groups in total. The molecule has 3 nitrogen and oxygen atoms in total. The molecule has 4 heteroatoms. The lowest BCUT2D eigenvalue weighted by molar-refractivity contribution is 0.244. The number of para-hydroxylation sites is 1. The Balaban J connectivity index is 2.23. The molecular formula is C15H17IN2O. The molecule has 100 valence electrons. The lowest BCUT2D eigenvalue weighted by Crippen LogP contribution is -2.08. The molecule has 0 bridgehead atoms. The van der Waals surface area contributed by atoms with E-state index in [1.54, 1.807) is 0 Å². The third-order valence-electron chi connectivity index (χ3n) is 2.55. The molecule has 19 heavy (non-hydrogen) atoms. The minimum absolute atomic E-state index is 0.107. The average molecular weight is 368 g/mol. The van der Waals surface area contributed by atoms with Crippen LogP contribution >= 0.6 is 22.6 Å². The number of hydrogen-bond acceptors (Lipinski definition) is 3. The zero-order valence-electron chi connectivity index (χ0n) is 11.0. The highest BCUT2D eigenvalue weighted by atomic mass is 127. The summed E-state index contributed by atoms with van der Waals surface area (Å²) < 4.78 is 6.88. The van der Waals surface area contributed by atoms with E-state index in [2.05, 4.69) is 27.9 Å². The molecule has 0 heterocycles. The van der Waals surface area contributed by atoms with Crippen LogP contribution in [0.2, 0.25) is 0 Å². The van der Waals surface area contributed by atoms with Gasteiger partial charge in [0.2, 0.25) is 0 Å². The van der Waals surface area contributed by atoms with Crippen molar-refractivity contribution >= 4 is 39.7 Å². The SMILES string of the molecule is CC(C)Oc1cccc(Nc2ccc(I)cc2)c1N. The van der Waals surface area contributed by atoms with E-state index in [0.717, 1.165) is 11.4 Å². The van der Waals surface area contributed by atoms with Gasteiger partial charge in [0.05, 0.1) is 17.5 Å². The fourth-order valence-electron chi connectivity index (χ4n) is 1.70. The molecule has 0 saturated heterocycles. The normalized spacial score (nSPS) is 10.5.